The van der Waals surface area contributed by atoms with Gasteiger partial charge in [0.05, 0.1) is 23.2 Å². The molecule has 0 bridgehead atoms. The van der Waals surface area contributed by atoms with Crippen LogP contribution in [0.25, 0.3) is 0 Å². The normalized spacial score (nSPS) is 21.4. The molecular formula is C15H18ClN3O2. The van der Waals surface area contributed by atoms with Gasteiger partial charge in [0.25, 0.3) is 0 Å². The number of carbonyl (C=O) groups excluding carboxylic acids is 2. The second-order valence-electron chi connectivity index (χ2n) is 5.56. The number of benzene rings is 1. The van der Waals surface area contributed by atoms with Crippen molar-refractivity contribution < 1.29 is 9.59 Å². The molecule has 2 aliphatic heterocycles. The van der Waals surface area contributed by atoms with E-state index in [1.165, 1.54) is 0 Å². The van der Waals surface area contributed by atoms with Gasteiger partial charge in [-0.25, -0.2) is 0 Å². The third kappa shape index (κ3) is 3.19. The minimum atomic E-state index is -0.170. The first-order valence-electron chi connectivity index (χ1n) is 7.30. The molecule has 1 aromatic carbocycles. The van der Waals surface area contributed by atoms with Crippen LogP contribution in [0, 0.1) is 0 Å². The molecule has 2 amide bonds. The molecule has 0 spiro atoms. The van der Waals surface area contributed by atoms with Gasteiger partial charge in [-0.3, -0.25) is 9.59 Å². The Morgan fingerprint density at radius 3 is 3.00 bits per heavy atom. The fourth-order valence-electron chi connectivity index (χ4n) is 2.82. The van der Waals surface area contributed by atoms with Crippen molar-refractivity contribution in [1.82, 2.24) is 5.32 Å². The molecule has 21 heavy (non-hydrogen) atoms. The average molecular weight is 308 g/mol. The molecule has 6 heteroatoms. The van der Waals surface area contributed by atoms with E-state index in [1.54, 1.807) is 12.1 Å². The van der Waals surface area contributed by atoms with E-state index in [-0.39, 0.29) is 17.9 Å². The number of nitrogens with one attached hydrogen (secondary N) is 3. The van der Waals surface area contributed by atoms with Crippen LogP contribution in [-0.2, 0) is 16.0 Å². The molecule has 1 saturated heterocycles. The molecule has 2 aliphatic rings. The standard InChI is InChI=1S/C15H18ClN3O2/c16-10-8-12-9(7-14(20)18-12)6-13(10)19-15(21)11-4-2-1-3-5-17-11/h6,8,11,17H,1-5,7H2,(H,18,20)(H,19,21). The summed E-state index contributed by atoms with van der Waals surface area (Å²) >= 11 is 6.18. The van der Waals surface area contributed by atoms with Gasteiger partial charge in [0.1, 0.15) is 0 Å². The largest absolute Gasteiger partial charge is 0.325 e. The summed E-state index contributed by atoms with van der Waals surface area (Å²) in [5.74, 6) is -0.106. The quantitative estimate of drug-likeness (QED) is 0.785. The van der Waals surface area contributed by atoms with Crippen molar-refractivity contribution in [3.8, 4) is 0 Å². The zero-order valence-corrected chi connectivity index (χ0v) is 12.4. The topological polar surface area (TPSA) is 70.2 Å². The van der Waals surface area contributed by atoms with Crippen LogP contribution >= 0.6 is 11.6 Å². The highest BCUT2D eigenvalue weighted by Crippen LogP contribution is 2.33. The Morgan fingerprint density at radius 1 is 1.29 bits per heavy atom. The third-order valence-electron chi connectivity index (χ3n) is 3.95. The fourth-order valence-corrected chi connectivity index (χ4v) is 3.03. The van der Waals surface area contributed by atoms with E-state index in [9.17, 15) is 9.59 Å². The second kappa shape index (κ2) is 6.03. The van der Waals surface area contributed by atoms with Crippen LogP contribution in [0.4, 0.5) is 11.4 Å². The minimum Gasteiger partial charge on any atom is -0.325 e. The van der Waals surface area contributed by atoms with Crippen LogP contribution in [-0.4, -0.2) is 24.4 Å². The second-order valence-corrected chi connectivity index (χ2v) is 5.97. The smallest absolute Gasteiger partial charge is 0.241 e. The number of halogens is 1. The lowest BCUT2D eigenvalue weighted by atomic mass is 10.1. The highest BCUT2D eigenvalue weighted by molar-refractivity contribution is 6.34. The number of amides is 2. The van der Waals surface area contributed by atoms with Crippen LogP contribution in [0.2, 0.25) is 5.02 Å². The van der Waals surface area contributed by atoms with Crippen LogP contribution in [0.1, 0.15) is 31.2 Å². The van der Waals surface area contributed by atoms with E-state index in [2.05, 4.69) is 16.0 Å². The molecule has 1 unspecified atom stereocenters. The number of carbonyl (C=O) groups is 2. The van der Waals surface area contributed by atoms with Crippen molar-refractivity contribution in [2.45, 2.75) is 38.1 Å². The maximum atomic E-state index is 12.3. The summed E-state index contributed by atoms with van der Waals surface area (Å²) in [6.45, 7) is 0.869. The predicted octanol–water partition coefficient (Wildman–Crippen LogP) is 2.31. The van der Waals surface area contributed by atoms with Crippen molar-refractivity contribution in [2.24, 2.45) is 0 Å². The van der Waals surface area contributed by atoms with E-state index in [0.717, 1.165) is 43.5 Å². The van der Waals surface area contributed by atoms with Gasteiger partial charge >= 0.3 is 0 Å². The summed E-state index contributed by atoms with van der Waals surface area (Å²) in [5.41, 5.74) is 2.17. The molecular weight excluding hydrogens is 290 g/mol. The van der Waals surface area contributed by atoms with Gasteiger partial charge in [0, 0.05) is 5.69 Å². The van der Waals surface area contributed by atoms with Crippen LogP contribution < -0.4 is 16.0 Å². The van der Waals surface area contributed by atoms with E-state index >= 15 is 0 Å². The monoisotopic (exact) mass is 307 g/mol. The van der Waals surface area contributed by atoms with Gasteiger partial charge in [-0.1, -0.05) is 24.4 Å². The molecule has 1 aromatic rings. The van der Waals surface area contributed by atoms with Crippen LogP contribution in [0.15, 0.2) is 12.1 Å². The number of hydrogen-bond acceptors (Lipinski definition) is 3. The SMILES string of the molecule is O=C1Cc2cc(NC(=O)C3CCCCCN3)c(Cl)cc2N1. The lowest BCUT2D eigenvalue weighted by molar-refractivity contribution is -0.118. The van der Waals surface area contributed by atoms with Gasteiger partial charge in [-0.15, -0.1) is 0 Å². The third-order valence-corrected chi connectivity index (χ3v) is 4.27. The Labute approximate surface area is 128 Å². The number of anilines is 2. The summed E-state index contributed by atoms with van der Waals surface area (Å²) in [6, 6.07) is 3.30. The van der Waals surface area contributed by atoms with Gasteiger partial charge in [-0.05, 0) is 37.1 Å². The molecule has 0 radical (unpaired) electrons. The molecule has 5 nitrogen and oxygen atoms in total. The average Bonchev–Trinajstić information content (AvgIpc) is 2.67. The van der Waals surface area contributed by atoms with Crippen molar-refractivity contribution >= 4 is 34.8 Å². The Kier molecular flexibility index (Phi) is 4.12. The fraction of sp³-hybridized carbons (Fsp3) is 0.467. The molecule has 3 rings (SSSR count). The molecule has 0 saturated carbocycles. The number of fused-ring (bicyclic) bond motifs is 1. The van der Waals surface area contributed by atoms with Crippen molar-refractivity contribution in [1.29, 1.82) is 0 Å². The zero-order chi connectivity index (χ0) is 14.8. The summed E-state index contributed by atoms with van der Waals surface area (Å²) < 4.78 is 0. The molecule has 1 fully saturated rings. The van der Waals surface area contributed by atoms with Crippen LogP contribution in [0.3, 0.4) is 0 Å². The molecule has 0 aromatic heterocycles. The van der Waals surface area contributed by atoms with Gasteiger partial charge in [-0.2, -0.15) is 0 Å². The summed E-state index contributed by atoms with van der Waals surface area (Å²) in [6.07, 6.45) is 4.49. The Balaban J connectivity index is 1.74. The number of hydrogen-bond donors (Lipinski definition) is 3. The summed E-state index contributed by atoms with van der Waals surface area (Å²) in [7, 11) is 0. The molecule has 1 atom stereocenters. The van der Waals surface area contributed by atoms with E-state index in [0.29, 0.717) is 17.1 Å². The predicted molar refractivity (Wildman–Crippen MR) is 82.7 cm³/mol. The molecule has 3 N–H and O–H groups in total. The van der Waals surface area contributed by atoms with E-state index < -0.39 is 0 Å². The summed E-state index contributed by atoms with van der Waals surface area (Å²) in [5, 5.41) is 9.32. The van der Waals surface area contributed by atoms with Crippen molar-refractivity contribution in [3.63, 3.8) is 0 Å². The van der Waals surface area contributed by atoms with Gasteiger partial charge in [0.15, 0.2) is 0 Å². The summed E-state index contributed by atoms with van der Waals surface area (Å²) in [4.78, 5) is 23.7. The maximum Gasteiger partial charge on any atom is 0.241 e. The lowest BCUT2D eigenvalue weighted by Crippen LogP contribution is -2.39. The first-order valence-corrected chi connectivity index (χ1v) is 7.68. The maximum absolute atomic E-state index is 12.3. The first-order chi connectivity index (χ1) is 10.1. The Hall–Kier alpha value is -1.59. The van der Waals surface area contributed by atoms with Crippen molar-refractivity contribution in [3.05, 3.63) is 22.7 Å². The van der Waals surface area contributed by atoms with E-state index in [1.807, 2.05) is 0 Å². The Morgan fingerprint density at radius 2 is 2.14 bits per heavy atom. The number of rotatable bonds is 2. The van der Waals surface area contributed by atoms with Crippen LogP contribution in [0.5, 0.6) is 0 Å². The van der Waals surface area contributed by atoms with Gasteiger partial charge < -0.3 is 16.0 Å². The highest BCUT2D eigenvalue weighted by Gasteiger charge is 2.23. The molecule has 0 aliphatic carbocycles. The lowest BCUT2D eigenvalue weighted by Gasteiger charge is -2.16. The van der Waals surface area contributed by atoms with E-state index in [4.69, 9.17) is 11.6 Å². The first kappa shape index (κ1) is 14.4. The minimum absolute atomic E-state index is 0.0463. The Bertz CT molecular complexity index is 581. The van der Waals surface area contributed by atoms with Gasteiger partial charge in [0.2, 0.25) is 11.8 Å². The molecule has 2 heterocycles. The highest BCUT2D eigenvalue weighted by atomic mass is 35.5. The zero-order valence-electron chi connectivity index (χ0n) is 11.7. The molecule has 112 valence electrons. The van der Waals surface area contributed by atoms with Crippen molar-refractivity contribution in [2.75, 3.05) is 17.2 Å².